The molecule has 5 nitrogen and oxygen atoms in total. The van der Waals surface area contributed by atoms with Crippen LogP contribution in [0.2, 0.25) is 10.3 Å². The second kappa shape index (κ2) is 7.36. The molecule has 2 heterocycles. The third kappa shape index (κ3) is 4.33. The van der Waals surface area contributed by atoms with E-state index in [1.165, 1.54) is 11.6 Å². The zero-order valence-electron chi connectivity index (χ0n) is 14.2. The maximum atomic E-state index is 12.8. The van der Waals surface area contributed by atoms with Gasteiger partial charge in [0, 0.05) is 18.8 Å². The molecule has 0 aliphatic rings. The van der Waals surface area contributed by atoms with Crippen LogP contribution in [0.1, 0.15) is 17.0 Å². The average molecular weight is 417 g/mol. The minimum atomic E-state index is -4.49. The van der Waals surface area contributed by atoms with Gasteiger partial charge in [0.15, 0.2) is 5.69 Å². The molecule has 0 saturated heterocycles. The number of benzene rings is 1. The standard InChI is InChI=1S/C17H13Cl2F3N4O/c1-9-13(18)15(25-16(19)23-9)27-8-10-3-5-11(6-4-10)14-24-12(7-26(14)2)17(20,21)22/h3-7H,8H2,1-2H3. The number of hydrogen-bond acceptors (Lipinski definition) is 4. The summed E-state index contributed by atoms with van der Waals surface area (Å²) in [4.78, 5) is 11.5. The fourth-order valence-corrected chi connectivity index (χ4v) is 2.71. The Balaban J connectivity index is 1.76. The number of rotatable bonds is 4. The third-order valence-corrected chi connectivity index (χ3v) is 4.32. The third-order valence-electron chi connectivity index (χ3n) is 3.71. The highest BCUT2D eigenvalue weighted by molar-refractivity contribution is 6.33. The van der Waals surface area contributed by atoms with Crippen LogP contribution in [0.15, 0.2) is 30.5 Å². The van der Waals surface area contributed by atoms with Crippen molar-refractivity contribution in [1.29, 1.82) is 0 Å². The molecular formula is C17H13Cl2F3N4O. The van der Waals surface area contributed by atoms with Gasteiger partial charge < -0.3 is 9.30 Å². The normalized spacial score (nSPS) is 11.7. The van der Waals surface area contributed by atoms with Crippen molar-refractivity contribution in [2.24, 2.45) is 7.05 Å². The Hall–Kier alpha value is -2.32. The van der Waals surface area contributed by atoms with Gasteiger partial charge in [-0.1, -0.05) is 35.9 Å². The fourth-order valence-electron chi connectivity index (χ4n) is 2.37. The first-order valence-electron chi connectivity index (χ1n) is 7.67. The zero-order chi connectivity index (χ0) is 19.8. The first-order chi connectivity index (χ1) is 12.6. The summed E-state index contributed by atoms with van der Waals surface area (Å²) in [6.07, 6.45) is -3.53. The van der Waals surface area contributed by atoms with E-state index in [4.69, 9.17) is 27.9 Å². The van der Waals surface area contributed by atoms with Crippen LogP contribution in [0.3, 0.4) is 0 Å². The fraction of sp³-hybridized carbons (Fsp3) is 0.235. The smallest absolute Gasteiger partial charge is 0.434 e. The van der Waals surface area contributed by atoms with Crippen LogP contribution >= 0.6 is 23.2 Å². The van der Waals surface area contributed by atoms with Crippen LogP contribution in [0.5, 0.6) is 5.88 Å². The van der Waals surface area contributed by atoms with Gasteiger partial charge in [-0.25, -0.2) is 9.97 Å². The molecule has 0 unspecified atom stereocenters. The van der Waals surface area contributed by atoms with E-state index < -0.39 is 11.9 Å². The number of ether oxygens (including phenoxy) is 1. The molecule has 0 atom stereocenters. The highest BCUT2D eigenvalue weighted by Crippen LogP contribution is 2.31. The summed E-state index contributed by atoms with van der Waals surface area (Å²) in [6, 6.07) is 6.78. The zero-order valence-corrected chi connectivity index (χ0v) is 15.7. The lowest BCUT2D eigenvalue weighted by Gasteiger charge is -2.09. The van der Waals surface area contributed by atoms with E-state index >= 15 is 0 Å². The van der Waals surface area contributed by atoms with E-state index in [-0.39, 0.29) is 28.6 Å². The van der Waals surface area contributed by atoms with Gasteiger partial charge in [-0.05, 0) is 24.1 Å². The van der Waals surface area contributed by atoms with Gasteiger partial charge in [-0.3, -0.25) is 0 Å². The van der Waals surface area contributed by atoms with Crippen LogP contribution < -0.4 is 4.74 Å². The van der Waals surface area contributed by atoms with Crippen LogP contribution in [0, 0.1) is 6.92 Å². The molecule has 0 amide bonds. The number of aromatic nitrogens is 4. The number of nitrogens with zero attached hydrogens (tertiary/aromatic N) is 4. The average Bonchev–Trinajstić information content (AvgIpc) is 2.99. The number of aryl methyl sites for hydroxylation is 2. The second-order valence-corrected chi connectivity index (χ2v) is 6.46. The van der Waals surface area contributed by atoms with Gasteiger partial charge in [-0.15, -0.1) is 0 Å². The Bertz CT molecular complexity index is 972. The van der Waals surface area contributed by atoms with Crippen molar-refractivity contribution < 1.29 is 17.9 Å². The molecule has 0 N–H and O–H groups in total. The Kier molecular flexibility index (Phi) is 5.30. The first-order valence-corrected chi connectivity index (χ1v) is 8.43. The number of imidazole rings is 1. The van der Waals surface area contributed by atoms with Gasteiger partial charge in [0.25, 0.3) is 0 Å². The van der Waals surface area contributed by atoms with Crippen molar-refractivity contribution in [1.82, 2.24) is 19.5 Å². The predicted molar refractivity (Wildman–Crippen MR) is 94.8 cm³/mol. The van der Waals surface area contributed by atoms with Gasteiger partial charge in [0.2, 0.25) is 11.2 Å². The molecule has 0 saturated carbocycles. The van der Waals surface area contributed by atoms with Gasteiger partial charge in [0.05, 0.1) is 5.69 Å². The lowest BCUT2D eigenvalue weighted by Crippen LogP contribution is -2.04. The molecule has 0 aliphatic heterocycles. The van der Waals surface area contributed by atoms with Crippen molar-refractivity contribution >= 4 is 23.2 Å². The highest BCUT2D eigenvalue weighted by atomic mass is 35.5. The molecule has 0 radical (unpaired) electrons. The number of halogens is 5. The van der Waals surface area contributed by atoms with E-state index in [1.807, 2.05) is 0 Å². The summed E-state index contributed by atoms with van der Waals surface area (Å²) in [5.41, 5.74) is 0.887. The van der Waals surface area contributed by atoms with Crippen LogP contribution in [0.4, 0.5) is 13.2 Å². The monoisotopic (exact) mass is 416 g/mol. The van der Waals surface area contributed by atoms with Gasteiger partial charge in [0.1, 0.15) is 17.5 Å². The Morgan fingerprint density at radius 2 is 1.74 bits per heavy atom. The summed E-state index contributed by atoms with van der Waals surface area (Å²) < 4.78 is 45.3. The molecule has 3 aromatic rings. The van der Waals surface area contributed by atoms with Crippen molar-refractivity contribution in [3.8, 4) is 17.3 Å². The summed E-state index contributed by atoms with van der Waals surface area (Å²) in [5, 5.41) is 0.293. The van der Waals surface area contributed by atoms with E-state index in [9.17, 15) is 13.2 Å². The molecule has 1 aromatic carbocycles. The van der Waals surface area contributed by atoms with Gasteiger partial charge in [-0.2, -0.15) is 18.2 Å². The lowest BCUT2D eigenvalue weighted by atomic mass is 10.1. The summed E-state index contributed by atoms with van der Waals surface area (Å²) in [5.74, 6) is 0.383. The van der Waals surface area contributed by atoms with Crippen LogP contribution in [-0.4, -0.2) is 19.5 Å². The van der Waals surface area contributed by atoms with E-state index in [2.05, 4.69) is 15.0 Å². The minimum Gasteiger partial charge on any atom is -0.472 e. The molecule has 0 aliphatic carbocycles. The van der Waals surface area contributed by atoms with E-state index in [0.29, 0.717) is 11.3 Å². The summed E-state index contributed by atoms with van der Waals surface area (Å²) in [6.45, 7) is 1.83. The number of hydrogen-bond donors (Lipinski definition) is 0. The summed E-state index contributed by atoms with van der Waals surface area (Å²) >= 11 is 11.9. The van der Waals surface area contributed by atoms with Crippen LogP contribution in [0.25, 0.3) is 11.4 Å². The molecule has 0 bridgehead atoms. The summed E-state index contributed by atoms with van der Waals surface area (Å²) in [7, 11) is 1.51. The Morgan fingerprint density at radius 3 is 2.33 bits per heavy atom. The molecule has 2 aromatic heterocycles. The topological polar surface area (TPSA) is 52.8 Å². The minimum absolute atomic E-state index is 0.0255. The predicted octanol–water partition coefficient (Wildman–Crippen LogP) is 5.09. The van der Waals surface area contributed by atoms with Crippen molar-refractivity contribution in [2.75, 3.05) is 0 Å². The molecule has 10 heteroatoms. The Morgan fingerprint density at radius 1 is 1.07 bits per heavy atom. The first kappa shape index (κ1) is 19.4. The SMILES string of the molecule is Cc1nc(Cl)nc(OCc2ccc(-c3nc(C(F)(F)F)cn3C)cc2)c1Cl. The lowest BCUT2D eigenvalue weighted by molar-refractivity contribution is -0.140. The van der Waals surface area contributed by atoms with Crippen LogP contribution in [-0.2, 0) is 19.8 Å². The molecule has 0 spiro atoms. The highest BCUT2D eigenvalue weighted by Gasteiger charge is 2.34. The van der Waals surface area contributed by atoms with Gasteiger partial charge >= 0.3 is 6.18 Å². The largest absolute Gasteiger partial charge is 0.472 e. The maximum absolute atomic E-state index is 12.8. The molecule has 27 heavy (non-hydrogen) atoms. The molecule has 3 rings (SSSR count). The quantitative estimate of drug-likeness (QED) is 0.555. The van der Waals surface area contributed by atoms with Crippen molar-refractivity contribution in [3.63, 3.8) is 0 Å². The second-order valence-electron chi connectivity index (χ2n) is 5.74. The molecular weight excluding hydrogens is 404 g/mol. The van der Waals surface area contributed by atoms with E-state index in [0.717, 1.165) is 11.8 Å². The maximum Gasteiger partial charge on any atom is 0.434 e. The van der Waals surface area contributed by atoms with E-state index in [1.54, 1.807) is 31.2 Å². The molecule has 142 valence electrons. The van der Waals surface area contributed by atoms with Crippen molar-refractivity contribution in [2.45, 2.75) is 19.7 Å². The van der Waals surface area contributed by atoms with Crippen molar-refractivity contribution in [3.05, 3.63) is 57.7 Å². The Labute approximate surface area is 162 Å². The number of alkyl halides is 3. The molecule has 0 fully saturated rings.